The second kappa shape index (κ2) is 10.1. The Morgan fingerprint density at radius 3 is 2.48 bits per heavy atom. The van der Waals surface area contributed by atoms with Gasteiger partial charge in [0.15, 0.2) is 5.96 Å². The van der Waals surface area contributed by atoms with Gasteiger partial charge in [-0.05, 0) is 36.1 Å². The zero-order chi connectivity index (χ0) is 17.9. The highest BCUT2D eigenvalue weighted by molar-refractivity contribution is 5.95. The zero-order valence-electron chi connectivity index (χ0n) is 14.9. The second-order valence-corrected chi connectivity index (χ2v) is 5.69. The molecule has 2 aromatic carbocycles. The van der Waals surface area contributed by atoms with E-state index in [0.717, 1.165) is 25.1 Å². The molecule has 0 fully saturated rings. The molecule has 0 unspecified atom stereocenters. The highest BCUT2D eigenvalue weighted by atomic mass is 16.1. The molecule has 5 heteroatoms. The summed E-state index contributed by atoms with van der Waals surface area (Å²) < 4.78 is 0. The Morgan fingerprint density at radius 1 is 1.00 bits per heavy atom. The number of hydrogen-bond acceptors (Lipinski definition) is 2. The van der Waals surface area contributed by atoms with E-state index in [2.05, 4.69) is 40.0 Å². The predicted octanol–water partition coefficient (Wildman–Crippen LogP) is 2.60. The second-order valence-electron chi connectivity index (χ2n) is 5.69. The molecule has 5 nitrogen and oxygen atoms in total. The highest BCUT2D eigenvalue weighted by Crippen LogP contribution is 2.10. The van der Waals surface area contributed by atoms with E-state index < -0.39 is 0 Å². The lowest BCUT2D eigenvalue weighted by Gasteiger charge is -2.12. The predicted molar refractivity (Wildman–Crippen MR) is 104 cm³/mol. The van der Waals surface area contributed by atoms with Crippen LogP contribution in [0.5, 0.6) is 0 Å². The number of carbonyl (C=O) groups is 1. The van der Waals surface area contributed by atoms with Crippen molar-refractivity contribution in [3.63, 3.8) is 0 Å². The molecule has 132 valence electrons. The van der Waals surface area contributed by atoms with Crippen molar-refractivity contribution in [1.82, 2.24) is 10.6 Å². The van der Waals surface area contributed by atoms with Crippen LogP contribution in [-0.2, 0) is 17.6 Å². The van der Waals surface area contributed by atoms with Gasteiger partial charge >= 0.3 is 0 Å². The van der Waals surface area contributed by atoms with Crippen molar-refractivity contribution < 1.29 is 4.79 Å². The molecule has 0 bridgehead atoms. The third-order valence-electron chi connectivity index (χ3n) is 3.81. The first-order chi connectivity index (χ1) is 12.2. The van der Waals surface area contributed by atoms with Gasteiger partial charge in [-0.1, -0.05) is 49.4 Å². The molecule has 0 heterocycles. The molecule has 0 radical (unpaired) electrons. The summed E-state index contributed by atoms with van der Waals surface area (Å²) in [4.78, 5) is 16.2. The summed E-state index contributed by atoms with van der Waals surface area (Å²) in [5.41, 5.74) is 3.28. The molecule has 2 aromatic rings. The fourth-order valence-corrected chi connectivity index (χ4v) is 2.43. The van der Waals surface area contributed by atoms with Crippen LogP contribution in [0.25, 0.3) is 0 Å². The third kappa shape index (κ3) is 6.67. The maximum atomic E-state index is 12.1. The topological polar surface area (TPSA) is 65.5 Å². The van der Waals surface area contributed by atoms with Crippen molar-refractivity contribution in [2.24, 2.45) is 4.99 Å². The van der Waals surface area contributed by atoms with Crippen molar-refractivity contribution in [3.8, 4) is 0 Å². The van der Waals surface area contributed by atoms with Crippen molar-refractivity contribution in [3.05, 3.63) is 65.7 Å². The van der Waals surface area contributed by atoms with Crippen molar-refractivity contribution in [1.29, 1.82) is 0 Å². The molecule has 3 N–H and O–H groups in total. The van der Waals surface area contributed by atoms with E-state index in [1.165, 1.54) is 11.1 Å². The van der Waals surface area contributed by atoms with Gasteiger partial charge in [-0.15, -0.1) is 0 Å². The Morgan fingerprint density at radius 2 is 1.76 bits per heavy atom. The van der Waals surface area contributed by atoms with Crippen molar-refractivity contribution in [2.75, 3.05) is 25.5 Å². The Kier molecular flexibility index (Phi) is 7.50. The summed E-state index contributed by atoms with van der Waals surface area (Å²) in [5.74, 6) is 0.521. The first-order valence-electron chi connectivity index (χ1n) is 8.58. The van der Waals surface area contributed by atoms with Crippen LogP contribution in [-0.4, -0.2) is 32.0 Å². The molecular weight excluding hydrogens is 312 g/mol. The lowest BCUT2D eigenvalue weighted by atomic mass is 10.1. The number of nitrogens with one attached hydrogen (secondary N) is 3. The van der Waals surface area contributed by atoms with E-state index >= 15 is 0 Å². The van der Waals surface area contributed by atoms with E-state index in [-0.39, 0.29) is 12.5 Å². The van der Waals surface area contributed by atoms with Crippen LogP contribution in [0.4, 0.5) is 5.69 Å². The number of hydrogen-bond donors (Lipinski definition) is 3. The van der Waals surface area contributed by atoms with Crippen LogP contribution < -0.4 is 16.0 Å². The number of benzene rings is 2. The van der Waals surface area contributed by atoms with Crippen LogP contribution >= 0.6 is 0 Å². The standard InChI is InChI=1S/C20H26N4O/c1-3-16-10-7-11-18(14-16)24-19(25)15-23-20(21-2)22-13-12-17-8-5-4-6-9-17/h4-11,14H,3,12-13,15H2,1-2H3,(H,24,25)(H2,21,22,23). The maximum absolute atomic E-state index is 12.1. The SMILES string of the molecule is CCc1cccc(NC(=O)CNC(=NC)NCCc2ccccc2)c1. The third-order valence-corrected chi connectivity index (χ3v) is 3.81. The maximum Gasteiger partial charge on any atom is 0.243 e. The van der Waals surface area contributed by atoms with Crippen LogP contribution in [0.3, 0.4) is 0 Å². The van der Waals surface area contributed by atoms with Crippen LogP contribution in [0.15, 0.2) is 59.6 Å². The molecule has 0 aliphatic heterocycles. The van der Waals surface area contributed by atoms with E-state index in [1.807, 2.05) is 42.5 Å². The fraction of sp³-hybridized carbons (Fsp3) is 0.300. The molecule has 0 aliphatic rings. The fourth-order valence-electron chi connectivity index (χ4n) is 2.43. The van der Waals surface area contributed by atoms with Crippen LogP contribution in [0, 0.1) is 0 Å². The molecular formula is C20H26N4O. The minimum Gasteiger partial charge on any atom is -0.356 e. The first kappa shape index (κ1) is 18.5. The first-order valence-corrected chi connectivity index (χ1v) is 8.58. The Labute approximate surface area is 149 Å². The number of amides is 1. The summed E-state index contributed by atoms with van der Waals surface area (Å²) in [5, 5.41) is 9.14. The Bertz CT molecular complexity index is 698. The minimum absolute atomic E-state index is 0.0979. The van der Waals surface area contributed by atoms with Gasteiger partial charge in [0, 0.05) is 19.3 Å². The summed E-state index contributed by atoms with van der Waals surface area (Å²) >= 11 is 0. The lowest BCUT2D eigenvalue weighted by Crippen LogP contribution is -2.42. The van der Waals surface area contributed by atoms with Crippen molar-refractivity contribution in [2.45, 2.75) is 19.8 Å². The van der Waals surface area contributed by atoms with Gasteiger partial charge in [0.1, 0.15) is 0 Å². The van der Waals surface area contributed by atoms with Crippen molar-refractivity contribution >= 4 is 17.6 Å². The number of aryl methyl sites for hydroxylation is 1. The van der Waals surface area contributed by atoms with Gasteiger partial charge in [0.25, 0.3) is 0 Å². The average molecular weight is 338 g/mol. The van der Waals surface area contributed by atoms with E-state index in [0.29, 0.717) is 5.96 Å². The average Bonchev–Trinajstić information content (AvgIpc) is 2.65. The van der Waals surface area contributed by atoms with E-state index in [4.69, 9.17) is 0 Å². The molecule has 0 spiro atoms. The molecule has 0 aromatic heterocycles. The van der Waals surface area contributed by atoms with Gasteiger partial charge in [-0.2, -0.15) is 0 Å². The normalized spacial score (nSPS) is 11.0. The summed E-state index contributed by atoms with van der Waals surface area (Å²) in [6, 6.07) is 18.1. The molecule has 25 heavy (non-hydrogen) atoms. The molecule has 2 rings (SSSR count). The number of anilines is 1. The van der Waals surface area contributed by atoms with Gasteiger partial charge in [-0.3, -0.25) is 9.79 Å². The van der Waals surface area contributed by atoms with E-state index in [9.17, 15) is 4.79 Å². The number of carbonyl (C=O) groups excluding carboxylic acids is 1. The summed E-state index contributed by atoms with van der Waals surface area (Å²) in [7, 11) is 1.69. The summed E-state index contributed by atoms with van der Waals surface area (Å²) in [6.45, 7) is 3.01. The van der Waals surface area contributed by atoms with Gasteiger partial charge in [0.2, 0.25) is 5.91 Å². The number of guanidine groups is 1. The van der Waals surface area contributed by atoms with Crippen LogP contribution in [0.2, 0.25) is 0 Å². The molecule has 1 amide bonds. The lowest BCUT2D eigenvalue weighted by molar-refractivity contribution is -0.115. The molecule has 0 aliphatic carbocycles. The van der Waals surface area contributed by atoms with Crippen LogP contribution in [0.1, 0.15) is 18.1 Å². The Hall–Kier alpha value is -2.82. The monoisotopic (exact) mass is 338 g/mol. The molecule has 0 saturated carbocycles. The zero-order valence-corrected chi connectivity index (χ0v) is 14.9. The van der Waals surface area contributed by atoms with E-state index in [1.54, 1.807) is 7.05 Å². The van der Waals surface area contributed by atoms with Gasteiger partial charge in [-0.25, -0.2) is 0 Å². The Balaban J connectivity index is 1.73. The van der Waals surface area contributed by atoms with Gasteiger partial charge in [0.05, 0.1) is 6.54 Å². The number of aliphatic imine (C=N–C) groups is 1. The smallest absolute Gasteiger partial charge is 0.243 e. The highest BCUT2D eigenvalue weighted by Gasteiger charge is 2.04. The minimum atomic E-state index is -0.0979. The van der Waals surface area contributed by atoms with Gasteiger partial charge < -0.3 is 16.0 Å². The largest absolute Gasteiger partial charge is 0.356 e. The quantitative estimate of drug-likeness (QED) is 0.537. The number of rotatable bonds is 7. The molecule has 0 saturated heterocycles. The molecule has 0 atom stereocenters. The summed E-state index contributed by atoms with van der Waals surface area (Å²) in [6.07, 6.45) is 1.84. The number of nitrogens with zero attached hydrogens (tertiary/aromatic N) is 1.